The first-order valence-electron chi connectivity index (χ1n) is 5.43. The van der Waals surface area contributed by atoms with Crippen molar-refractivity contribution in [1.29, 1.82) is 0 Å². The van der Waals surface area contributed by atoms with Crippen LogP contribution >= 0.6 is 11.3 Å². The lowest BCUT2D eigenvalue weighted by Gasteiger charge is -2.11. The molecule has 0 aliphatic carbocycles. The summed E-state index contributed by atoms with van der Waals surface area (Å²) in [7, 11) is 1.97. The highest BCUT2D eigenvalue weighted by Gasteiger charge is 2.10. The van der Waals surface area contributed by atoms with Gasteiger partial charge in [-0.2, -0.15) is 16.4 Å². The summed E-state index contributed by atoms with van der Waals surface area (Å²) in [5.41, 5.74) is 10.0. The number of hydrogen-bond donors (Lipinski definition) is 1. The molecule has 2 N–H and O–H groups in total. The molecule has 2 aromatic heterocycles. The topological polar surface area (TPSA) is 43.8 Å². The third kappa shape index (κ3) is 2.33. The summed E-state index contributed by atoms with van der Waals surface area (Å²) in [6.45, 7) is 2.12. The van der Waals surface area contributed by atoms with Gasteiger partial charge in [-0.1, -0.05) is 0 Å². The molecule has 3 nitrogen and oxygen atoms in total. The maximum atomic E-state index is 6.18. The van der Waals surface area contributed by atoms with Crippen molar-refractivity contribution in [3.63, 3.8) is 0 Å². The van der Waals surface area contributed by atoms with Crippen molar-refractivity contribution in [2.24, 2.45) is 12.8 Å². The number of nitrogens with two attached hydrogens (primary N) is 1. The lowest BCUT2D eigenvalue weighted by molar-refractivity contribution is 0.613. The first-order chi connectivity index (χ1) is 7.68. The highest BCUT2D eigenvalue weighted by Crippen LogP contribution is 2.23. The molecule has 0 amide bonds. The largest absolute Gasteiger partial charge is 0.324 e. The SMILES string of the molecule is Cc1cscc1C(N)CCc1ccnn1C. The maximum Gasteiger partial charge on any atom is 0.0492 e. The lowest BCUT2D eigenvalue weighted by Crippen LogP contribution is -2.12. The van der Waals surface area contributed by atoms with Crippen molar-refractivity contribution in [2.45, 2.75) is 25.8 Å². The highest BCUT2D eigenvalue weighted by atomic mass is 32.1. The van der Waals surface area contributed by atoms with Crippen LogP contribution in [0.1, 0.15) is 29.3 Å². The molecule has 0 fully saturated rings. The van der Waals surface area contributed by atoms with Gasteiger partial charge < -0.3 is 5.73 Å². The highest BCUT2D eigenvalue weighted by molar-refractivity contribution is 7.08. The van der Waals surface area contributed by atoms with E-state index in [1.165, 1.54) is 16.8 Å². The van der Waals surface area contributed by atoms with Crippen LogP contribution in [-0.2, 0) is 13.5 Å². The number of thiophene rings is 1. The fourth-order valence-electron chi connectivity index (χ4n) is 1.86. The Morgan fingerprint density at radius 3 is 2.88 bits per heavy atom. The van der Waals surface area contributed by atoms with Gasteiger partial charge in [0.2, 0.25) is 0 Å². The van der Waals surface area contributed by atoms with Crippen LogP contribution < -0.4 is 5.73 Å². The minimum atomic E-state index is 0.140. The van der Waals surface area contributed by atoms with Gasteiger partial charge in [-0.3, -0.25) is 4.68 Å². The Morgan fingerprint density at radius 2 is 2.31 bits per heavy atom. The Hall–Kier alpha value is -1.13. The zero-order valence-corrected chi connectivity index (χ0v) is 10.5. The molecule has 0 saturated carbocycles. The van der Waals surface area contributed by atoms with Gasteiger partial charge >= 0.3 is 0 Å². The van der Waals surface area contributed by atoms with Gasteiger partial charge in [-0.05, 0) is 47.7 Å². The third-order valence-corrected chi connectivity index (χ3v) is 3.81. The van der Waals surface area contributed by atoms with Gasteiger partial charge in [0.15, 0.2) is 0 Å². The van der Waals surface area contributed by atoms with E-state index >= 15 is 0 Å². The Bertz CT molecular complexity index is 458. The molecule has 0 spiro atoms. The van der Waals surface area contributed by atoms with Crippen LogP contribution in [0.5, 0.6) is 0 Å². The summed E-state index contributed by atoms with van der Waals surface area (Å²) in [5, 5.41) is 8.46. The average molecular weight is 235 g/mol. The second-order valence-corrected chi connectivity index (χ2v) is 4.85. The first kappa shape index (κ1) is 11.4. The van der Waals surface area contributed by atoms with Gasteiger partial charge in [0.25, 0.3) is 0 Å². The van der Waals surface area contributed by atoms with Crippen LogP contribution in [-0.4, -0.2) is 9.78 Å². The zero-order valence-electron chi connectivity index (χ0n) is 9.68. The molecule has 0 aromatic carbocycles. The third-order valence-electron chi connectivity index (χ3n) is 2.93. The van der Waals surface area contributed by atoms with Crippen LogP contribution in [0.4, 0.5) is 0 Å². The van der Waals surface area contributed by atoms with Crippen molar-refractivity contribution in [2.75, 3.05) is 0 Å². The number of aryl methyl sites for hydroxylation is 3. The Kier molecular flexibility index (Phi) is 3.41. The summed E-state index contributed by atoms with van der Waals surface area (Å²) in [4.78, 5) is 0. The van der Waals surface area contributed by atoms with Gasteiger partial charge in [0, 0.05) is 25.0 Å². The summed E-state index contributed by atoms with van der Waals surface area (Å²) in [6, 6.07) is 2.19. The molecule has 0 aliphatic rings. The van der Waals surface area contributed by atoms with Crippen molar-refractivity contribution in [3.05, 3.63) is 39.8 Å². The van der Waals surface area contributed by atoms with E-state index in [9.17, 15) is 0 Å². The second-order valence-electron chi connectivity index (χ2n) is 4.10. The molecule has 16 heavy (non-hydrogen) atoms. The van der Waals surface area contributed by atoms with Crippen molar-refractivity contribution < 1.29 is 0 Å². The Morgan fingerprint density at radius 1 is 1.50 bits per heavy atom. The Balaban J connectivity index is 1.97. The van der Waals surface area contributed by atoms with E-state index in [0.29, 0.717) is 0 Å². The molecule has 2 heterocycles. The fraction of sp³-hybridized carbons (Fsp3) is 0.417. The number of rotatable bonds is 4. The molecule has 86 valence electrons. The van der Waals surface area contributed by atoms with Crippen molar-refractivity contribution in [1.82, 2.24) is 9.78 Å². The maximum absolute atomic E-state index is 6.18. The Labute approximate surface area is 99.9 Å². The molecule has 0 radical (unpaired) electrons. The molecular formula is C12H17N3S. The van der Waals surface area contributed by atoms with E-state index in [1.54, 1.807) is 11.3 Å². The van der Waals surface area contributed by atoms with Gasteiger partial charge in [-0.25, -0.2) is 0 Å². The molecule has 4 heteroatoms. The van der Waals surface area contributed by atoms with Crippen LogP contribution in [0.2, 0.25) is 0 Å². The van der Waals surface area contributed by atoms with Gasteiger partial charge in [0.05, 0.1) is 0 Å². The molecule has 2 rings (SSSR count). The normalized spacial score (nSPS) is 12.9. The van der Waals surface area contributed by atoms with E-state index in [0.717, 1.165) is 12.8 Å². The summed E-state index contributed by atoms with van der Waals surface area (Å²) in [5.74, 6) is 0. The number of nitrogens with zero attached hydrogens (tertiary/aromatic N) is 2. The second kappa shape index (κ2) is 4.80. The summed E-state index contributed by atoms with van der Waals surface area (Å²) in [6.07, 6.45) is 3.78. The minimum Gasteiger partial charge on any atom is -0.324 e. The molecular weight excluding hydrogens is 218 g/mol. The first-order valence-corrected chi connectivity index (χ1v) is 6.38. The molecule has 0 aliphatic heterocycles. The predicted octanol–water partition coefficient (Wildman–Crippen LogP) is 2.42. The molecule has 1 unspecified atom stereocenters. The zero-order chi connectivity index (χ0) is 11.5. The van der Waals surface area contributed by atoms with Gasteiger partial charge in [0.1, 0.15) is 0 Å². The van der Waals surface area contributed by atoms with Crippen LogP contribution in [0, 0.1) is 6.92 Å². The molecule has 2 aromatic rings. The molecule has 1 atom stereocenters. The van der Waals surface area contributed by atoms with E-state index in [2.05, 4.69) is 22.8 Å². The predicted molar refractivity (Wildman–Crippen MR) is 67.5 cm³/mol. The van der Waals surface area contributed by atoms with Crippen molar-refractivity contribution >= 4 is 11.3 Å². The van der Waals surface area contributed by atoms with Gasteiger partial charge in [-0.15, -0.1) is 0 Å². The monoisotopic (exact) mass is 235 g/mol. The van der Waals surface area contributed by atoms with Crippen LogP contribution in [0.15, 0.2) is 23.0 Å². The average Bonchev–Trinajstić information content (AvgIpc) is 2.84. The summed E-state index contributed by atoms with van der Waals surface area (Å²) < 4.78 is 1.91. The fourth-order valence-corrected chi connectivity index (χ4v) is 2.77. The van der Waals surface area contributed by atoms with Crippen molar-refractivity contribution in [3.8, 4) is 0 Å². The number of hydrogen-bond acceptors (Lipinski definition) is 3. The quantitative estimate of drug-likeness (QED) is 0.884. The molecule has 0 saturated heterocycles. The molecule has 0 bridgehead atoms. The summed E-state index contributed by atoms with van der Waals surface area (Å²) >= 11 is 1.72. The smallest absolute Gasteiger partial charge is 0.0492 e. The van der Waals surface area contributed by atoms with Crippen LogP contribution in [0.25, 0.3) is 0 Å². The lowest BCUT2D eigenvalue weighted by atomic mass is 10.0. The van der Waals surface area contributed by atoms with E-state index in [-0.39, 0.29) is 6.04 Å². The van der Waals surface area contributed by atoms with E-state index in [4.69, 9.17) is 5.73 Å². The van der Waals surface area contributed by atoms with Crippen LogP contribution in [0.3, 0.4) is 0 Å². The number of aromatic nitrogens is 2. The standard InChI is InChI=1S/C12H17N3S/c1-9-7-16-8-11(9)12(13)4-3-10-5-6-14-15(10)2/h5-8,12H,3-4,13H2,1-2H3. The van der Waals surface area contributed by atoms with E-state index < -0.39 is 0 Å². The minimum absolute atomic E-state index is 0.140. The van der Waals surface area contributed by atoms with E-state index in [1.807, 2.05) is 24.0 Å².